The molecule has 1 aromatic carbocycles. The van der Waals surface area contributed by atoms with Crippen LogP contribution in [-0.4, -0.2) is 24.9 Å². The molecule has 1 aliphatic heterocycles. The molecule has 0 aromatic heterocycles. The van der Waals surface area contributed by atoms with Gasteiger partial charge in [-0.1, -0.05) is 6.07 Å². The molecule has 98 valence electrons. The van der Waals surface area contributed by atoms with Crippen LogP contribution in [0.4, 0.5) is 5.69 Å². The van der Waals surface area contributed by atoms with Crippen molar-refractivity contribution < 1.29 is 9.59 Å². The van der Waals surface area contributed by atoms with Crippen molar-refractivity contribution in [1.82, 2.24) is 5.32 Å². The van der Waals surface area contributed by atoms with E-state index in [9.17, 15) is 9.59 Å². The first-order valence-electron chi connectivity index (χ1n) is 5.61. The molecule has 4 N–H and O–H groups in total. The number of carbonyl (C=O) groups excluding carboxylic acids is 2. The van der Waals surface area contributed by atoms with Gasteiger partial charge in [-0.2, -0.15) is 0 Å². The molecule has 0 saturated carbocycles. The highest BCUT2D eigenvalue weighted by Gasteiger charge is 2.17. The van der Waals surface area contributed by atoms with E-state index in [4.69, 9.17) is 5.73 Å². The highest BCUT2D eigenvalue weighted by molar-refractivity contribution is 5.98. The summed E-state index contributed by atoms with van der Waals surface area (Å²) in [6.45, 7) is 0.801. The zero-order chi connectivity index (χ0) is 12.3. The number of amides is 2. The zero-order valence-corrected chi connectivity index (χ0v) is 10.7. The minimum atomic E-state index is -0.540. The Hall–Kier alpha value is -1.75. The molecule has 1 aromatic rings. The number of fused-ring (bicyclic) bond motifs is 1. The summed E-state index contributed by atoms with van der Waals surface area (Å²) in [6, 6.07) is 5.55. The van der Waals surface area contributed by atoms with E-state index in [1.54, 1.807) is 6.07 Å². The Labute approximate surface area is 112 Å². The van der Waals surface area contributed by atoms with E-state index in [1.165, 1.54) is 0 Å². The summed E-state index contributed by atoms with van der Waals surface area (Å²) >= 11 is 0. The molecular weight excluding hydrogens is 254 g/mol. The summed E-state index contributed by atoms with van der Waals surface area (Å²) in [6.07, 6.45) is 1.88. The molecule has 0 bridgehead atoms. The van der Waals surface area contributed by atoms with Crippen molar-refractivity contribution in [2.45, 2.75) is 12.8 Å². The molecule has 2 amide bonds. The second-order valence-corrected chi connectivity index (χ2v) is 4.01. The lowest BCUT2D eigenvalue weighted by Crippen LogP contribution is -2.34. The minimum absolute atomic E-state index is 0. The maximum atomic E-state index is 11.9. The van der Waals surface area contributed by atoms with Crippen LogP contribution in [0.15, 0.2) is 18.2 Å². The van der Waals surface area contributed by atoms with Crippen molar-refractivity contribution in [3.8, 4) is 0 Å². The monoisotopic (exact) mass is 269 g/mol. The van der Waals surface area contributed by atoms with Gasteiger partial charge in [0.1, 0.15) is 0 Å². The van der Waals surface area contributed by atoms with E-state index in [0.29, 0.717) is 5.56 Å². The van der Waals surface area contributed by atoms with Crippen molar-refractivity contribution in [3.05, 3.63) is 29.3 Å². The van der Waals surface area contributed by atoms with Crippen molar-refractivity contribution in [2.75, 3.05) is 18.4 Å². The van der Waals surface area contributed by atoms with Crippen LogP contribution in [0.1, 0.15) is 22.3 Å². The molecule has 2 rings (SSSR count). The van der Waals surface area contributed by atoms with Crippen LogP contribution in [-0.2, 0) is 11.2 Å². The third-order valence-corrected chi connectivity index (χ3v) is 2.76. The molecule has 0 spiro atoms. The van der Waals surface area contributed by atoms with Crippen LogP contribution >= 0.6 is 12.4 Å². The van der Waals surface area contributed by atoms with Crippen LogP contribution in [0.3, 0.4) is 0 Å². The highest BCUT2D eigenvalue weighted by atomic mass is 35.5. The smallest absolute Gasteiger partial charge is 0.252 e. The summed E-state index contributed by atoms with van der Waals surface area (Å²) in [5.74, 6) is -0.786. The molecule has 18 heavy (non-hydrogen) atoms. The van der Waals surface area contributed by atoms with Gasteiger partial charge >= 0.3 is 0 Å². The first kappa shape index (κ1) is 14.3. The molecule has 0 atom stereocenters. The van der Waals surface area contributed by atoms with E-state index >= 15 is 0 Å². The number of rotatable bonds is 3. The quantitative estimate of drug-likeness (QED) is 0.755. The molecule has 1 aliphatic rings. The van der Waals surface area contributed by atoms with Gasteiger partial charge < -0.3 is 16.4 Å². The number of nitrogens with one attached hydrogen (secondary N) is 2. The van der Waals surface area contributed by atoms with Gasteiger partial charge in [-0.15, -0.1) is 12.4 Å². The number of anilines is 1. The summed E-state index contributed by atoms with van der Waals surface area (Å²) < 4.78 is 0. The number of hydrogen-bond acceptors (Lipinski definition) is 3. The molecule has 0 fully saturated rings. The van der Waals surface area contributed by atoms with Gasteiger partial charge in [0.25, 0.3) is 5.91 Å². The topological polar surface area (TPSA) is 84.2 Å². The van der Waals surface area contributed by atoms with E-state index in [2.05, 4.69) is 10.6 Å². The van der Waals surface area contributed by atoms with Crippen LogP contribution in [0.5, 0.6) is 0 Å². The number of benzene rings is 1. The van der Waals surface area contributed by atoms with Gasteiger partial charge in [-0.05, 0) is 30.5 Å². The van der Waals surface area contributed by atoms with E-state index < -0.39 is 5.91 Å². The van der Waals surface area contributed by atoms with Gasteiger partial charge in [0.2, 0.25) is 5.91 Å². The fourth-order valence-corrected chi connectivity index (χ4v) is 1.99. The number of primary amides is 1. The van der Waals surface area contributed by atoms with Crippen LogP contribution in [0.25, 0.3) is 0 Å². The maximum Gasteiger partial charge on any atom is 0.252 e. The third-order valence-electron chi connectivity index (χ3n) is 2.76. The summed E-state index contributed by atoms with van der Waals surface area (Å²) in [7, 11) is 0. The summed E-state index contributed by atoms with van der Waals surface area (Å²) in [5.41, 5.74) is 7.63. The molecule has 0 aliphatic carbocycles. The lowest BCUT2D eigenvalue weighted by Gasteiger charge is -2.20. The second kappa shape index (κ2) is 6.26. The minimum Gasteiger partial charge on any atom is -0.385 e. The molecule has 5 nitrogen and oxygen atoms in total. The molecule has 0 unspecified atom stereocenters. The molecular formula is C12H16ClN3O2. The fraction of sp³-hybridized carbons (Fsp3) is 0.333. The van der Waals surface area contributed by atoms with Crippen LogP contribution in [0.2, 0.25) is 0 Å². The van der Waals surface area contributed by atoms with Gasteiger partial charge in [-0.25, -0.2) is 0 Å². The predicted octanol–water partition coefficient (Wildman–Crippen LogP) is 0.682. The summed E-state index contributed by atoms with van der Waals surface area (Å²) in [5, 5.41) is 5.76. The number of nitrogens with two attached hydrogens (primary N) is 1. The average Bonchev–Trinajstić information content (AvgIpc) is 2.35. The van der Waals surface area contributed by atoms with Gasteiger partial charge in [0, 0.05) is 17.8 Å². The largest absolute Gasteiger partial charge is 0.385 e. The van der Waals surface area contributed by atoms with Crippen LogP contribution < -0.4 is 16.4 Å². The van der Waals surface area contributed by atoms with Crippen molar-refractivity contribution >= 4 is 29.9 Å². The normalized spacial score (nSPS) is 12.7. The van der Waals surface area contributed by atoms with Crippen molar-refractivity contribution in [2.24, 2.45) is 5.73 Å². The number of hydrogen-bond donors (Lipinski definition) is 3. The number of carbonyl (C=O) groups is 2. The van der Waals surface area contributed by atoms with E-state index in [1.807, 2.05) is 12.1 Å². The van der Waals surface area contributed by atoms with E-state index in [0.717, 1.165) is 30.6 Å². The molecule has 0 saturated heterocycles. The lowest BCUT2D eigenvalue weighted by molar-refractivity contribution is -0.117. The maximum absolute atomic E-state index is 11.9. The summed E-state index contributed by atoms with van der Waals surface area (Å²) in [4.78, 5) is 22.5. The van der Waals surface area contributed by atoms with Crippen LogP contribution in [0, 0.1) is 0 Å². The molecule has 6 heteroatoms. The number of halogens is 1. The van der Waals surface area contributed by atoms with Gasteiger partial charge in [0.05, 0.1) is 6.54 Å². The average molecular weight is 270 g/mol. The Morgan fingerprint density at radius 2 is 2.17 bits per heavy atom. The highest BCUT2D eigenvalue weighted by Crippen LogP contribution is 2.25. The Morgan fingerprint density at radius 3 is 2.89 bits per heavy atom. The second-order valence-electron chi connectivity index (χ2n) is 4.01. The predicted molar refractivity (Wildman–Crippen MR) is 72.0 cm³/mol. The van der Waals surface area contributed by atoms with Crippen molar-refractivity contribution in [1.29, 1.82) is 0 Å². The Bertz CT molecular complexity index is 463. The van der Waals surface area contributed by atoms with E-state index in [-0.39, 0.29) is 24.9 Å². The first-order valence-corrected chi connectivity index (χ1v) is 5.61. The Balaban J connectivity index is 0.00000162. The molecule has 0 radical (unpaired) electrons. The fourth-order valence-electron chi connectivity index (χ4n) is 1.99. The Kier molecular flexibility index (Phi) is 4.97. The lowest BCUT2D eigenvalue weighted by atomic mass is 9.97. The Morgan fingerprint density at radius 1 is 1.39 bits per heavy atom. The SMILES string of the molecule is Cl.NC(=O)CNC(=O)c1cccc2c1CCCN2. The van der Waals surface area contributed by atoms with Gasteiger partial charge in [-0.3, -0.25) is 9.59 Å². The standard InChI is InChI=1S/C12H15N3O2.ClH/c13-11(16)7-15-12(17)9-3-1-5-10-8(9)4-2-6-14-10;/h1,3,5,14H,2,4,6-7H2,(H2,13,16)(H,15,17);1H. The zero-order valence-electron chi connectivity index (χ0n) is 9.86. The first-order chi connectivity index (χ1) is 8.18. The third kappa shape index (κ3) is 3.13. The van der Waals surface area contributed by atoms with Gasteiger partial charge in [0.15, 0.2) is 0 Å². The van der Waals surface area contributed by atoms with Crippen molar-refractivity contribution in [3.63, 3.8) is 0 Å². The molecule has 1 heterocycles.